The van der Waals surface area contributed by atoms with Crippen LogP contribution in [0.2, 0.25) is 0 Å². The van der Waals surface area contributed by atoms with Crippen molar-refractivity contribution in [1.82, 2.24) is 10.0 Å². The van der Waals surface area contributed by atoms with Crippen LogP contribution in [0.4, 0.5) is 13.2 Å². The van der Waals surface area contributed by atoms with Crippen LogP contribution in [0, 0.1) is 0 Å². The number of hydrogen-bond acceptors (Lipinski definition) is 3. The van der Waals surface area contributed by atoms with Crippen LogP contribution in [0.3, 0.4) is 0 Å². The molecule has 1 aromatic carbocycles. The highest BCUT2D eigenvalue weighted by Gasteiger charge is 2.33. The summed E-state index contributed by atoms with van der Waals surface area (Å²) in [4.78, 5) is -0.394. The normalized spacial score (nSPS) is 19.5. The van der Waals surface area contributed by atoms with E-state index in [-0.39, 0.29) is 22.9 Å². The van der Waals surface area contributed by atoms with Crippen molar-refractivity contribution in [2.45, 2.75) is 30.0 Å². The second-order valence-electron chi connectivity index (χ2n) is 4.84. The highest BCUT2D eigenvalue weighted by molar-refractivity contribution is 9.10. The Labute approximate surface area is 141 Å². The molecule has 0 aliphatic carbocycles. The zero-order chi connectivity index (χ0) is 15.7. The van der Waals surface area contributed by atoms with Gasteiger partial charge in [0.1, 0.15) is 0 Å². The maximum Gasteiger partial charge on any atom is 0.416 e. The minimum atomic E-state index is -4.60. The van der Waals surface area contributed by atoms with Gasteiger partial charge in [-0.15, -0.1) is 12.4 Å². The Morgan fingerprint density at radius 2 is 1.95 bits per heavy atom. The van der Waals surface area contributed by atoms with Gasteiger partial charge in [-0.1, -0.05) is 15.9 Å². The molecule has 0 aromatic heterocycles. The van der Waals surface area contributed by atoms with E-state index in [4.69, 9.17) is 0 Å². The second kappa shape index (κ2) is 7.48. The van der Waals surface area contributed by atoms with Crippen LogP contribution in [-0.2, 0) is 16.2 Å². The molecule has 1 aromatic rings. The first-order chi connectivity index (χ1) is 9.68. The lowest BCUT2D eigenvalue weighted by Crippen LogP contribution is -2.45. The van der Waals surface area contributed by atoms with Gasteiger partial charge in [-0.3, -0.25) is 0 Å². The van der Waals surface area contributed by atoms with Gasteiger partial charge in [0, 0.05) is 17.1 Å². The summed E-state index contributed by atoms with van der Waals surface area (Å²) < 4.78 is 65.2. The number of sulfonamides is 1. The minimum absolute atomic E-state index is 0. The Morgan fingerprint density at radius 1 is 1.27 bits per heavy atom. The number of rotatable bonds is 3. The molecule has 0 spiro atoms. The zero-order valence-corrected chi connectivity index (χ0v) is 14.5. The summed E-state index contributed by atoms with van der Waals surface area (Å²) >= 11 is 2.92. The fraction of sp³-hybridized carbons (Fsp3) is 0.500. The van der Waals surface area contributed by atoms with Crippen LogP contribution in [0.15, 0.2) is 27.6 Å². The molecular weight excluding hydrogens is 409 g/mol. The lowest BCUT2D eigenvalue weighted by molar-refractivity contribution is -0.137. The van der Waals surface area contributed by atoms with E-state index in [0.717, 1.165) is 25.1 Å². The average molecular weight is 424 g/mol. The molecule has 126 valence electrons. The molecule has 1 aliphatic rings. The van der Waals surface area contributed by atoms with Crippen LogP contribution < -0.4 is 10.0 Å². The molecule has 1 aliphatic heterocycles. The minimum Gasteiger partial charge on any atom is -0.315 e. The van der Waals surface area contributed by atoms with Gasteiger partial charge in [0.05, 0.1) is 10.5 Å². The first-order valence-corrected chi connectivity index (χ1v) is 8.57. The van der Waals surface area contributed by atoms with Gasteiger partial charge in [-0.05, 0) is 37.6 Å². The van der Waals surface area contributed by atoms with E-state index in [9.17, 15) is 21.6 Å². The highest BCUT2D eigenvalue weighted by atomic mass is 79.9. The molecule has 0 amide bonds. The molecule has 22 heavy (non-hydrogen) atoms. The third-order valence-electron chi connectivity index (χ3n) is 3.13. The number of hydrogen-bond donors (Lipinski definition) is 2. The van der Waals surface area contributed by atoms with E-state index in [0.29, 0.717) is 19.0 Å². The van der Waals surface area contributed by atoms with E-state index in [1.807, 2.05) is 0 Å². The van der Waals surface area contributed by atoms with Gasteiger partial charge in [0.15, 0.2) is 0 Å². The first kappa shape index (κ1) is 19.7. The summed E-state index contributed by atoms with van der Waals surface area (Å²) in [5, 5.41) is 3.04. The summed E-state index contributed by atoms with van der Waals surface area (Å²) in [6.45, 7) is 1.28. The SMILES string of the molecule is Cl.O=S(=O)(NC1CCCNC1)c1cc(Br)cc(C(F)(F)F)c1. The average Bonchev–Trinajstić information content (AvgIpc) is 2.37. The maximum atomic E-state index is 12.7. The lowest BCUT2D eigenvalue weighted by Gasteiger charge is -2.23. The molecule has 1 unspecified atom stereocenters. The van der Waals surface area contributed by atoms with Crippen molar-refractivity contribution in [2.24, 2.45) is 0 Å². The summed E-state index contributed by atoms with van der Waals surface area (Å²) in [5.41, 5.74) is -1.00. The quantitative estimate of drug-likeness (QED) is 0.786. The molecular formula is C12H15BrClF3N2O2S. The molecule has 1 saturated heterocycles. The summed E-state index contributed by atoms with van der Waals surface area (Å²) in [6, 6.07) is 2.34. The third kappa shape index (κ3) is 5.09. The number of piperidine rings is 1. The van der Waals surface area contributed by atoms with E-state index in [1.54, 1.807) is 0 Å². The molecule has 1 heterocycles. The Bertz CT molecular complexity index is 619. The summed E-state index contributed by atoms with van der Waals surface area (Å²) in [5.74, 6) is 0. The lowest BCUT2D eigenvalue weighted by atomic mass is 10.1. The van der Waals surface area contributed by atoms with Gasteiger partial charge in [-0.2, -0.15) is 13.2 Å². The molecule has 1 atom stereocenters. The third-order valence-corrected chi connectivity index (χ3v) is 5.09. The fourth-order valence-electron chi connectivity index (χ4n) is 2.12. The van der Waals surface area contributed by atoms with Gasteiger partial charge in [-0.25, -0.2) is 13.1 Å². The smallest absolute Gasteiger partial charge is 0.315 e. The highest BCUT2D eigenvalue weighted by Crippen LogP contribution is 2.33. The van der Waals surface area contributed by atoms with Gasteiger partial charge >= 0.3 is 6.18 Å². The topological polar surface area (TPSA) is 58.2 Å². The predicted molar refractivity (Wildman–Crippen MR) is 82.6 cm³/mol. The molecule has 2 rings (SSSR count). The maximum absolute atomic E-state index is 12.7. The van der Waals surface area contributed by atoms with Crippen molar-refractivity contribution in [3.8, 4) is 0 Å². The van der Waals surface area contributed by atoms with Gasteiger partial charge in [0.2, 0.25) is 10.0 Å². The molecule has 1 fully saturated rings. The van der Waals surface area contributed by atoms with Crippen LogP contribution in [0.5, 0.6) is 0 Å². The van der Waals surface area contributed by atoms with Crippen LogP contribution >= 0.6 is 28.3 Å². The standard InChI is InChI=1S/C12H14BrF3N2O2S.ClH/c13-9-4-8(12(14,15)16)5-11(6-9)21(19,20)18-10-2-1-3-17-7-10;/h4-6,10,17-18H,1-3,7H2;1H. The van der Waals surface area contributed by atoms with Gasteiger partial charge < -0.3 is 5.32 Å². The number of benzene rings is 1. The Morgan fingerprint density at radius 3 is 2.50 bits per heavy atom. The van der Waals surface area contributed by atoms with Crippen molar-refractivity contribution in [1.29, 1.82) is 0 Å². The largest absolute Gasteiger partial charge is 0.416 e. The van der Waals surface area contributed by atoms with E-state index in [1.165, 1.54) is 0 Å². The Kier molecular flexibility index (Phi) is 6.70. The van der Waals surface area contributed by atoms with E-state index >= 15 is 0 Å². The second-order valence-corrected chi connectivity index (χ2v) is 7.47. The van der Waals surface area contributed by atoms with Crippen molar-refractivity contribution in [3.63, 3.8) is 0 Å². The number of nitrogens with one attached hydrogen (secondary N) is 2. The summed E-state index contributed by atoms with van der Waals surface area (Å²) in [6.07, 6.45) is -3.12. The van der Waals surface area contributed by atoms with Crippen LogP contribution in [0.25, 0.3) is 0 Å². The predicted octanol–water partition coefficient (Wildman–Crippen LogP) is 2.92. The molecule has 4 nitrogen and oxygen atoms in total. The van der Waals surface area contributed by atoms with Gasteiger partial charge in [0.25, 0.3) is 0 Å². The molecule has 10 heteroatoms. The van der Waals surface area contributed by atoms with E-state index < -0.39 is 26.7 Å². The van der Waals surface area contributed by atoms with Crippen LogP contribution in [0.1, 0.15) is 18.4 Å². The van der Waals surface area contributed by atoms with Crippen molar-refractivity contribution in [2.75, 3.05) is 13.1 Å². The molecule has 2 N–H and O–H groups in total. The fourth-order valence-corrected chi connectivity index (χ4v) is 4.11. The Hall–Kier alpha value is -0.350. The van der Waals surface area contributed by atoms with E-state index in [2.05, 4.69) is 26.0 Å². The molecule has 0 radical (unpaired) electrons. The zero-order valence-electron chi connectivity index (χ0n) is 11.3. The van der Waals surface area contributed by atoms with Crippen molar-refractivity contribution >= 4 is 38.4 Å². The summed E-state index contributed by atoms with van der Waals surface area (Å²) in [7, 11) is -3.99. The molecule has 0 saturated carbocycles. The number of halogens is 5. The molecule has 0 bridgehead atoms. The van der Waals surface area contributed by atoms with Crippen molar-refractivity contribution < 1.29 is 21.6 Å². The monoisotopic (exact) mass is 422 g/mol. The van der Waals surface area contributed by atoms with Crippen LogP contribution in [-0.4, -0.2) is 27.5 Å². The van der Waals surface area contributed by atoms with Crippen molar-refractivity contribution in [3.05, 3.63) is 28.2 Å². The Balaban J connectivity index is 0.00000242. The first-order valence-electron chi connectivity index (χ1n) is 6.29. The number of alkyl halides is 3.